The van der Waals surface area contributed by atoms with Crippen molar-refractivity contribution in [1.82, 2.24) is 4.90 Å². The van der Waals surface area contributed by atoms with E-state index < -0.39 is 12.0 Å². The van der Waals surface area contributed by atoms with E-state index >= 15 is 0 Å². The topological polar surface area (TPSA) is 77.5 Å². The van der Waals surface area contributed by atoms with Crippen molar-refractivity contribution in [3.05, 3.63) is 106 Å². The Balaban J connectivity index is 1.24. The number of benzene rings is 4. The molecule has 4 aromatic rings. The highest BCUT2D eigenvalue weighted by Gasteiger charge is 2.29. The van der Waals surface area contributed by atoms with Crippen LogP contribution in [0.4, 0.5) is 0 Å². The first-order valence-electron chi connectivity index (χ1n) is 15.0. The van der Waals surface area contributed by atoms with Crippen LogP contribution in [-0.4, -0.2) is 41.8 Å². The zero-order valence-corrected chi connectivity index (χ0v) is 25.5. The molecule has 0 aromatic heterocycles. The third kappa shape index (κ3) is 6.79. The SMILES string of the molecule is Cc1c(COc2cc(OCc3ccccc3)c(CN3CCCCC3C(=O)O)cc2Cl)cccc1-c1ccc2c(c1)OCCO2. The van der Waals surface area contributed by atoms with Gasteiger partial charge in [-0.2, -0.15) is 0 Å². The number of carbonyl (C=O) groups is 1. The fraction of sp³-hybridized carbons (Fsp3) is 0.306. The average Bonchev–Trinajstić information content (AvgIpc) is 3.05. The molecule has 1 fully saturated rings. The second-order valence-electron chi connectivity index (χ2n) is 11.2. The lowest BCUT2D eigenvalue weighted by atomic mass is 9.96. The molecule has 228 valence electrons. The molecule has 0 saturated carbocycles. The number of carboxylic acids is 1. The van der Waals surface area contributed by atoms with E-state index in [0.29, 0.717) is 62.5 Å². The molecular weight excluding hydrogens is 578 g/mol. The van der Waals surface area contributed by atoms with Crippen molar-refractivity contribution in [3.8, 4) is 34.1 Å². The summed E-state index contributed by atoms with van der Waals surface area (Å²) in [5.41, 5.74) is 6.13. The van der Waals surface area contributed by atoms with Crippen LogP contribution in [0.3, 0.4) is 0 Å². The maximum Gasteiger partial charge on any atom is 0.320 e. The molecule has 0 spiro atoms. The Bertz CT molecular complexity index is 1620. The zero-order chi connectivity index (χ0) is 30.5. The van der Waals surface area contributed by atoms with E-state index in [4.69, 9.17) is 30.5 Å². The normalized spacial score (nSPS) is 16.4. The van der Waals surface area contributed by atoms with Crippen LogP contribution < -0.4 is 18.9 Å². The van der Waals surface area contributed by atoms with Crippen molar-refractivity contribution in [1.29, 1.82) is 0 Å². The van der Waals surface area contributed by atoms with Crippen LogP contribution in [0.25, 0.3) is 11.1 Å². The van der Waals surface area contributed by atoms with Gasteiger partial charge in [-0.1, -0.05) is 72.6 Å². The van der Waals surface area contributed by atoms with Gasteiger partial charge in [0.15, 0.2) is 11.5 Å². The van der Waals surface area contributed by atoms with Crippen LogP contribution in [0.15, 0.2) is 78.9 Å². The summed E-state index contributed by atoms with van der Waals surface area (Å²) >= 11 is 6.79. The number of halogens is 1. The van der Waals surface area contributed by atoms with Gasteiger partial charge in [-0.05, 0) is 72.3 Å². The lowest BCUT2D eigenvalue weighted by Gasteiger charge is -2.33. The predicted molar refractivity (Wildman–Crippen MR) is 170 cm³/mol. The summed E-state index contributed by atoms with van der Waals surface area (Å²) in [7, 11) is 0. The number of nitrogens with zero attached hydrogens (tertiary/aromatic N) is 1. The van der Waals surface area contributed by atoms with Crippen molar-refractivity contribution >= 4 is 17.6 Å². The van der Waals surface area contributed by atoms with Crippen molar-refractivity contribution in [2.75, 3.05) is 19.8 Å². The van der Waals surface area contributed by atoms with E-state index in [-0.39, 0.29) is 0 Å². The van der Waals surface area contributed by atoms with Gasteiger partial charge in [-0.15, -0.1) is 0 Å². The van der Waals surface area contributed by atoms with Gasteiger partial charge in [-0.3, -0.25) is 9.69 Å². The summed E-state index contributed by atoms with van der Waals surface area (Å²) in [6.07, 6.45) is 2.51. The quantitative estimate of drug-likeness (QED) is 0.196. The summed E-state index contributed by atoms with van der Waals surface area (Å²) in [6, 6.07) is 25.3. The third-order valence-electron chi connectivity index (χ3n) is 8.31. The van der Waals surface area contributed by atoms with Crippen LogP contribution in [0.2, 0.25) is 5.02 Å². The smallest absolute Gasteiger partial charge is 0.320 e. The molecule has 6 rings (SSSR count). The molecule has 2 aliphatic heterocycles. The number of ether oxygens (including phenoxy) is 4. The van der Waals surface area contributed by atoms with Crippen LogP contribution in [0, 0.1) is 6.92 Å². The minimum absolute atomic E-state index is 0.314. The minimum atomic E-state index is -0.795. The van der Waals surface area contributed by atoms with E-state index in [1.165, 1.54) is 0 Å². The van der Waals surface area contributed by atoms with Crippen LogP contribution >= 0.6 is 11.6 Å². The first kappa shape index (κ1) is 29.9. The molecule has 0 bridgehead atoms. The number of piperidine rings is 1. The van der Waals surface area contributed by atoms with Gasteiger partial charge in [-0.25, -0.2) is 0 Å². The van der Waals surface area contributed by atoms with Gasteiger partial charge >= 0.3 is 5.97 Å². The molecule has 1 unspecified atom stereocenters. The third-order valence-corrected chi connectivity index (χ3v) is 8.60. The molecule has 8 heteroatoms. The number of rotatable bonds is 10. The summed E-state index contributed by atoms with van der Waals surface area (Å²) in [4.78, 5) is 14.0. The zero-order valence-electron chi connectivity index (χ0n) is 24.8. The van der Waals surface area contributed by atoms with Crippen molar-refractivity contribution < 1.29 is 28.8 Å². The van der Waals surface area contributed by atoms with E-state index in [2.05, 4.69) is 13.0 Å². The maximum absolute atomic E-state index is 12.0. The Hall–Kier alpha value is -4.20. The molecular formula is C36H36ClNO6. The molecule has 0 radical (unpaired) electrons. The average molecular weight is 614 g/mol. The fourth-order valence-corrected chi connectivity index (χ4v) is 6.12. The minimum Gasteiger partial charge on any atom is -0.488 e. The summed E-state index contributed by atoms with van der Waals surface area (Å²) < 4.78 is 24.1. The lowest BCUT2D eigenvalue weighted by molar-refractivity contribution is -0.144. The fourth-order valence-electron chi connectivity index (χ4n) is 5.88. The first-order chi connectivity index (χ1) is 21.5. The largest absolute Gasteiger partial charge is 0.488 e. The molecule has 2 heterocycles. The van der Waals surface area contributed by atoms with Crippen molar-refractivity contribution in [2.45, 2.75) is 52.0 Å². The standard InChI is InChI=1S/C36H36ClNO6/c1-24-27(10-7-11-29(24)26-13-14-32-35(19-26)42-17-16-41-32)23-44-34-20-33(43-22-25-8-3-2-4-9-25)28(18-30(34)37)21-38-15-6-5-12-31(38)36(39)40/h2-4,7-11,13-14,18-20,31H,5-6,12,15-17,21-23H2,1H3,(H,39,40). The summed E-state index contributed by atoms with van der Waals surface area (Å²) in [5.74, 6) is 1.86. The predicted octanol–water partition coefficient (Wildman–Crippen LogP) is 7.68. The first-order valence-corrected chi connectivity index (χ1v) is 15.4. The Morgan fingerprint density at radius 2 is 1.68 bits per heavy atom. The number of hydrogen-bond acceptors (Lipinski definition) is 6. The molecule has 1 atom stereocenters. The number of aliphatic carboxylic acids is 1. The second-order valence-corrected chi connectivity index (χ2v) is 11.6. The highest BCUT2D eigenvalue weighted by molar-refractivity contribution is 6.32. The van der Waals surface area contributed by atoms with Gasteiger partial charge in [0.25, 0.3) is 0 Å². The van der Waals surface area contributed by atoms with E-state index in [1.54, 1.807) is 0 Å². The highest BCUT2D eigenvalue weighted by atomic mass is 35.5. The van der Waals surface area contributed by atoms with E-state index in [9.17, 15) is 9.90 Å². The summed E-state index contributed by atoms with van der Waals surface area (Å²) in [5, 5.41) is 10.3. The monoisotopic (exact) mass is 613 g/mol. The van der Waals surface area contributed by atoms with E-state index in [1.807, 2.05) is 77.7 Å². The number of likely N-dealkylation sites (tertiary alicyclic amines) is 1. The highest BCUT2D eigenvalue weighted by Crippen LogP contribution is 2.38. The van der Waals surface area contributed by atoms with Gasteiger partial charge in [0.2, 0.25) is 0 Å². The van der Waals surface area contributed by atoms with Crippen LogP contribution in [-0.2, 0) is 24.6 Å². The molecule has 44 heavy (non-hydrogen) atoms. The molecule has 7 nitrogen and oxygen atoms in total. The van der Waals surface area contributed by atoms with Gasteiger partial charge in [0.05, 0.1) is 5.02 Å². The second kappa shape index (κ2) is 13.6. The molecule has 4 aromatic carbocycles. The van der Waals surface area contributed by atoms with Crippen LogP contribution in [0.5, 0.6) is 23.0 Å². The van der Waals surface area contributed by atoms with Crippen molar-refractivity contribution in [3.63, 3.8) is 0 Å². The molecule has 0 amide bonds. The molecule has 0 aliphatic carbocycles. The van der Waals surface area contributed by atoms with Crippen molar-refractivity contribution in [2.24, 2.45) is 0 Å². The Kier molecular flexibility index (Phi) is 9.24. The summed E-state index contributed by atoms with van der Waals surface area (Å²) in [6.45, 7) is 5.01. The Labute approximate surface area is 262 Å². The number of carboxylic acid groups (broad SMARTS) is 1. The lowest BCUT2D eigenvalue weighted by Crippen LogP contribution is -2.44. The van der Waals surface area contributed by atoms with Gasteiger partial charge in [0.1, 0.15) is 44.0 Å². The van der Waals surface area contributed by atoms with E-state index in [0.717, 1.165) is 57.7 Å². The maximum atomic E-state index is 12.0. The molecule has 1 saturated heterocycles. The number of hydrogen-bond donors (Lipinski definition) is 1. The molecule has 2 aliphatic rings. The molecule has 1 N–H and O–H groups in total. The Morgan fingerprint density at radius 3 is 2.50 bits per heavy atom. The Morgan fingerprint density at radius 1 is 0.886 bits per heavy atom. The van der Waals surface area contributed by atoms with Gasteiger partial charge in [0, 0.05) is 18.2 Å². The van der Waals surface area contributed by atoms with Crippen LogP contribution in [0.1, 0.15) is 41.5 Å². The van der Waals surface area contributed by atoms with Gasteiger partial charge < -0.3 is 24.1 Å². The number of fused-ring (bicyclic) bond motifs is 1.